The van der Waals surface area contributed by atoms with Crippen LogP contribution in [0.4, 0.5) is 19.0 Å². The summed E-state index contributed by atoms with van der Waals surface area (Å²) in [7, 11) is 2.75. The standard InChI is InChI=1S/C28H28F2N6O4S2/c1-39-21-10-15(6-8-19(21)29)12-23(37)31-27-35-33-25(41-27)17-4-3-5-18(14-17)26-34-36-28(42-26)32-24(38)13-16-7-9-20(30)22(11-16)40-2/h6-11,17-18H,3-5,12-14H2,1-2H3,(H,31,35,37)(H,32,36,38)/t17-,18-/m0/s1. The maximum Gasteiger partial charge on any atom is 0.230 e. The third-order valence-electron chi connectivity index (χ3n) is 6.91. The highest BCUT2D eigenvalue weighted by Crippen LogP contribution is 2.43. The number of benzene rings is 2. The van der Waals surface area contributed by atoms with Crippen molar-refractivity contribution >= 4 is 44.8 Å². The Kier molecular flexibility index (Phi) is 9.32. The third kappa shape index (κ3) is 7.23. The molecule has 0 radical (unpaired) electrons. The third-order valence-corrected chi connectivity index (χ3v) is 8.91. The van der Waals surface area contributed by atoms with Crippen molar-refractivity contribution < 1.29 is 27.8 Å². The van der Waals surface area contributed by atoms with Crippen LogP contribution in [0.5, 0.6) is 11.5 Å². The summed E-state index contributed by atoms with van der Waals surface area (Å²) in [5.41, 5.74) is 1.24. The van der Waals surface area contributed by atoms with E-state index in [-0.39, 0.29) is 48.0 Å². The minimum absolute atomic E-state index is 0.0467. The zero-order valence-electron chi connectivity index (χ0n) is 22.9. The lowest BCUT2D eigenvalue weighted by molar-refractivity contribution is -0.116. The van der Waals surface area contributed by atoms with Crippen LogP contribution in [0.3, 0.4) is 0 Å². The van der Waals surface area contributed by atoms with Crippen molar-refractivity contribution in [2.45, 2.75) is 50.4 Å². The van der Waals surface area contributed by atoms with Gasteiger partial charge in [-0.2, -0.15) is 0 Å². The summed E-state index contributed by atoms with van der Waals surface area (Å²) in [5.74, 6) is -1.06. The molecule has 14 heteroatoms. The zero-order chi connectivity index (χ0) is 29.6. The van der Waals surface area contributed by atoms with Crippen LogP contribution >= 0.6 is 22.7 Å². The maximum absolute atomic E-state index is 13.6. The molecule has 0 bridgehead atoms. The number of anilines is 2. The highest BCUT2D eigenvalue weighted by atomic mass is 32.1. The molecule has 2 aromatic heterocycles. The van der Waals surface area contributed by atoms with Gasteiger partial charge in [-0.15, -0.1) is 20.4 Å². The molecule has 1 aliphatic rings. The summed E-state index contributed by atoms with van der Waals surface area (Å²) in [6, 6.07) is 8.61. The molecule has 2 amide bonds. The molecule has 1 saturated carbocycles. The number of aromatic nitrogens is 4. The van der Waals surface area contributed by atoms with Gasteiger partial charge in [-0.1, -0.05) is 41.2 Å². The minimum atomic E-state index is -0.487. The number of carbonyl (C=O) groups is 2. The Hall–Kier alpha value is -4.04. The van der Waals surface area contributed by atoms with E-state index in [2.05, 4.69) is 31.0 Å². The Labute approximate surface area is 248 Å². The Balaban J connectivity index is 1.15. The normalized spacial score (nSPS) is 16.6. The summed E-state index contributed by atoms with van der Waals surface area (Å²) >= 11 is 2.69. The second kappa shape index (κ2) is 13.3. The zero-order valence-corrected chi connectivity index (χ0v) is 24.5. The van der Waals surface area contributed by atoms with Gasteiger partial charge in [-0.25, -0.2) is 8.78 Å². The summed E-state index contributed by atoms with van der Waals surface area (Å²) in [5, 5.41) is 25.0. The van der Waals surface area contributed by atoms with Gasteiger partial charge in [0.15, 0.2) is 23.1 Å². The average Bonchev–Trinajstić information content (AvgIpc) is 3.65. The van der Waals surface area contributed by atoms with E-state index in [0.717, 1.165) is 35.7 Å². The van der Waals surface area contributed by atoms with Crippen LogP contribution in [0.15, 0.2) is 36.4 Å². The summed E-state index contributed by atoms with van der Waals surface area (Å²) in [4.78, 5) is 25.1. The van der Waals surface area contributed by atoms with E-state index in [9.17, 15) is 18.4 Å². The van der Waals surface area contributed by atoms with E-state index >= 15 is 0 Å². The lowest BCUT2D eigenvalue weighted by atomic mass is 9.82. The van der Waals surface area contributed by atoms with Crippen molar-refractivity contribution in [3.05, 3.63) is 69.2 Å². The Morgan fingerprint density at radius 1 is 0.786 bits per heavy atom. The highest BCUT2D eigenvalue weighted by Gasteiger charge is 2.29. The predicted molar refractivity (Wildman–Crippen MR) is 154 cm³/mol. The summed E-state index contributed by atoms with van der Waals surface area (Å²) in [6.07, 6.45) is 3.75. The number of ether oxygens (including phenoxy) is 2. The Morgan fingerprint density at radius 3 is 1.67 bits per heavy atom. The van der Waals surface area contributed by atoms with E-state index in [4.69, 9.17) is 9.47 Å². The van der Waals surface area contributed by atoms with E-state index in [0.29, 0.717) is 21.4 Å². The van der Waals surface area contributed by atoms with Crippen LogP contribution in [0.1, 0.15) is 58.7 Å². The van der Waals surface area contributed by atoms with Crippen molar-refractivity contribution in [2.75, 3.05) is 24.9 Å². The van der Waals surface area contributed by atoms with Gasteiger partial charge >= 0.3 is 0 Å². The Morgan fingerprint density at radius 2 is 1.24 bits per heavy atom. The molecule has 4 aromatic rings. The highest BCUT2D eigenvalue weighted by molar-refractivity contribution is 7.15. The smallest absolute Gasteiger partial charge is 0.230 e. The molecule has 0 saturated heterocycles. The molecule has 1 fully saturated rings. The molecule has 2 heterocycles. The SMILES string of the molecule is COc1cc(CC(=O)Nc2nnc([C@H]3CCC[C@H](c4nnc(NC(=O)Cc5ccc(F)c(OC)c5)s4)C3)s2)ccc1F. The van der Waals surface area contributed by atoms with Crippen LogP contribution in [0.2, 0.25) is 0 Å². The molecular weight excluding hydrogens is 586 g/mol. The lowest BCUT2D eigenvalue weighted by Crippen LogP contribution is -2.14. The van der Waals surface area contributed by atoms with Crippen molar-refractivity contribution in [1.82, 2.24) is 20.4 Å². The van der Waals surface area contributed by atoms with Crippen molar-refractivity contribution in [2.24, 2.45) is 0 Å². The van der Waals surface area contributed by atoms with Crippen LogP contribution in [0, 0.1) is 11.6 Å². The van der Waals surface area contributed by atoms with Crippen molar-refractivity contribution in [3.8, 4) is 11.5 Å². The number of hydrogen-bond acceptors (Lipinski definition) is 10. The largest absolute Gasteiger partial charge is 0.494 e. The molecule has 0 aliphatic heterocycles. The van der Waals surface area contributed by atoms with Crippen LogP contribution in [-0.2, 0) is 22.4 Å². The molecule has 5 rings (SSSR count). The quantitative estimate of drug-likeness (QED) is 0.240. The minimum Gasteiger partial charge on any atom is -0.494 e. The monoisotopic (exact) mass is 614 g/mol. The van der Waals surface area contributed by atoms with Crippen LogP contribution in [-0.4, -0.2) is 46.4 Å². The van der Waals surface area contributed by atoms with Gasteiger partial charge in [0.25, 0.3) is 0 Å². The summed E-state index contributed by atoms with van der Waals surface area (Å²) in [6.45, 7) is 0. The molecule has 220 valence electrons. The maximum atomic E-state index is 13.6. The number of amides is 2. The van der Waals surface area contributed by atoms with Crippen LogP contribution in [0.25, 0.3) is 0 Å². The topological polar surface area (TPSA) is 128 Å². The number of rotatable bonds is 10. The average molecular weight is 615 g/mol. The molecular formula is C28H28F2N6O4S2. The fourth-order valence-corrected chi connectivity index (χ4v) is 6.68. The molecule has 2 atom stereocenters. The van der Waals surface area contributed by atoms with Gasteiger partial charge < -0.3 is 20.1 Å². The fraction of sp³-hybridized carbons (Fsp3) is 0.357. The van der Waals surface area contributed by atoms with Gasteiger partial charge in [0.1, 0.15) is 10.0 Å². The first kappa shape index (κ1) is 29.5. The summed E-state index contributed by atoms with van der Waals surface area (Å²) < 4.78 is 37.3. The van der Waals surface area contributed by atoms with Crippen molar-refractivity contribution in [3.63, 3.8) is 0 Å². The van der Waals surface area contributed by atoms with Crippen LogP contribution < -0.4 is 20.1 Å². The molecule has 1 aliphatic carbocycles. The molecule has 42 heavy (non-hydrogen) atoms. The molecule has 0 spiro atoms. The van der Waals surface area contributed by atoms with Gasteiger partial charge in [-0.05, 0) is 54.7 Å². The second-order valence-electron chi connectivity index (χ2n) is 9.84. The number of methoxy groups -OCH3 is 2. The molecule has 2 aromatic carbocycles. The predicted octanol–water partition coefficient (Wildman–Crippen LogP) is 5.49. The fourth-order valence-electron chi connectivity index (χ4n) is 4.86. The first-order valence-corrected chi connectivity index (χ1v) is 14.9. The Bertz CT molecular complexity index is 1470. The number of hydrogen-bond donors (Lipinski definition) is 2. The van der Waals surface area contributed by atoms with E-state index in [1.807, 2.05) is 0 Å². The molecule has 0 unspecified atom stereocenters. The first-order chi connectivity index (χ1) is 20.3. The number of carbonyl (C=O) groups excluding carboxylic acids is 2. The van der Waals surface area contributed by atoms with Gasteiger partial charge in [-0.3, -0.25) is 9.59 Å². The second-order valence-corrected chi connectivity index (χ2v) is 11.9. The lowest BCUT2D eigenvalue weighted by Gasteiger charge is -2.25. The van der Waals surface area contributed by atoms with Gasteiger partial charge in [0.05, 0.1) is 27.1 Å². The van der Waals surface area contributed by atoms with E-state index in [1.54, 1.807) is 12.1 Å². The van der Waals surface area contributed by atoms with Gasteiger partial charge in [0, 0.05) is 11.8 Å². The molecule has 2 N–H and O–H groups in total. The number of nitrogens with zero attached hydrogens (tertiary/aromatic N) is 4. The molecule has 10 nitrogen and oxygen atoms in total. The number of nitrogens with one attached hydrogen (secondary N) is 2. The van der Waals surface area contributed by atoms with E-state index in [1.165, 1.54) is 61.2 Å². The first-order valence-electron chi connectivity index (χ1n) is 13.2. The van der Waals surface area contributed by atoms with Gasteiger partial charge in [0.2, 0.25) is 22.1 Å². The van der Waals surface area contributed by atoms with E-state index < -0.39 is 11.6 Å². The van der Waals surface area contributed by atoms with Crippen molar-refractivity contribution in [1.29, 1.82) is 0 Å². The number of halogens is 2.